The smallest absolute Gasteiger partial charge is 0.0256 e. The first kappa shape index (κ1) is 7.45. The third-order valence-electron chi connectivity index (χ3n) is 1.90. The molecule has 0 aromatic rings. The van der Waals surface area contributed by atoms with E-state index in [2.05, 4.69) is 5.32 Å². The maximum Gasteiger partial charge on any atom is 0.0256 e. The molecule has 0 unspecified atom stereocenters. The summed E-state index contributed by atoms with van der Waals surface area (Å²) in [5.41, 5.74) is 6.34. The molecule has 1 rings (SSSR count). The average molecular weight is 140 g/mol. The highest BCUT2D eigenvalue weighted by Gasteiger charge is 2.11. The van der Waals surface area contributed by atoms with E-state index in [1.807, 2.05) is 13.1 Å². The zero-order valence-corrected chi connectivity index (χ0v) is 6.56. The third-order valence-corrected chi connectivity index (χ3v) is 1.90. The summed E-state index contributed by atoms with van der Waals surface area (Å²) >= 11 is 0. The van der Waals surface area contributed by atoms with Crippen LogP contribution < -0.4 is 11.1 Å². The van der Waals surface area contributed by atoms with Crippen LogP contribution in [0.2, 0.25) is 0 Å². The largest absolute Gasteiger partial charge is 0.401 e. The van der Waals surface area contributed by atoms with Crippen molar-refractivity contribution in [1.29, 1.82) is 0 Å². The fraction of sp³-hybridized carbons (Fsp3) is 0.750. The molecule has 1 aliphatic rings. The topological polar surface area (TPSA) is 38.0 Å². The first-order valence-corrected chi connectivity index (χ1v) is 3.97. The number of rotatable bonds is 2. The van der Waals surface area contributed by atoms with Crippen molar-refractivity contribution in [3.8, 4) is 0 Å². The molecule has 0 bridgehead atoms. The van der Waals surface area contributed by atoms with Crippen molar-refractivity contribution < 1.29 is 0 Å². The number of hydrogen-bond acceptors (Lipinski definition) is 2. The Bertz CT molecular complexity index is 119. The lowest BCUT2D eigenvalue weighted by Crippen LogP contribution is -2.21. The van der Waals surface area contributed by atoms with E-state index >= 15 is 0 Å². The lowest BCUT2D eigenvalue weighted by Gasteiger charge is -2.08. The van der Waals surface area contributed by atoms with Crippen LogP contribution in [0.3, 0.4) is 0 Å². The summed E-state index contributed by atoms with van der Waals surface area (Å²) in [6.45, 7) is 1.90. The molecule has 0 amide bonds. The van der Waals surface area contributed by atoms with Crippen LogP contribution in [0.15, 0.2) is 11.9 Å². The van der Waals surface area contributed by atoms with Crippen LogP contribution >= 0.6 is 0 Å². The molecule has 0 spiro atoms. The molecule has 10 heavy (non-hydrogen) atoms. The Morgan fingerprint density at radius 3 is 2.60 bits per heavy atom. The second kappa shape index (κ2) is 3.49. The van der Waals surface area contributed by atoms with Gasteiger partial charge in [0.05, 0.1) is 0 Å². The third kappa shape index (κ3) is 2.29. The molecule has 0 heterocycles. The fourth-order valence-corrected chi connectivity index (χ4v) is 1.34. The number of nitrogens with one attached hydrogen (secondary N) is 1. The highest BCUT2D eigenvalue weighted by Crippen LogP contribution is 2.17. The maximum atomic E-state index is 5.47. The minimum Gasteiger partial charge on any atom is -0.401 e. The van der Waals surface area contributed by atoms with E-state index in [0.717, 1.165) is 5.70 Å². The second-order valence-corrected chi connectivity index (χ2v) is 3.04. The molecule has 1 aliphatic carbocycles. The molecule has 58 valence electrons. The minimum absolute atomic E-state index is 0.693. The van der Waals surface area contributed by atoms with Gasteiger partial charge in [0.1, 0.15) is 0 Å². The van der Waals surface area contributed by atoms with Gasteiger partial charge in [0.25, 0.3) is 0 Å². The van der Waals surface area contributed by atoms with Crippen molar-refractivity contribution in [3.63, 3.8) is 0 Å². The highest BCUT2D eigenvalue weighted by atomic mass is 14.9. The van der Waals surface area contributed by atoms with E-state index in [0.29, 0.717) is 6.04 Å². The van der Waals surface area contributed by atoms with Crippen LogP contribution in [0.4, 0.5) is 0 Å². The minimum atomic E-state index is 0.693. The summed E-state index contributed by atoms with van der Waals surface area (Å²) in [5.74, 6) is 0. The van der Waals surface area contributed by atoms with Gasteiger partial charge in [-0.2, -0.15) is 0 Å². The summed E-state index contributed by atoms with van der Waals surface area (Å²) in [6.07, 6.45) is 7.27. The summed E-state index contributed by atoms with van der Waals surface area (Å²) in [5, 5.41) is 3.29. The molecule has 0 aromatic carbocycles. The summed E-state index contributed by atoms with van der Waals surface area (Å²) in [7, 11) is 0. The van der Waals surface area contributed by atoms with E-state index in [-0.39, 0.29) is 0 Å². The van der Waals surface area contributed by atoms with E-state index < -0.39 is 0 Å². The van der Waals surface area contributed by atoms with Gasteiger partial charge in [-0.3, -0.25) is 0 Å². The summed E-state index contributed by atoms with van der Waals surface area (Å²) < 4.78 is 0. The first-order chi connectivity index (χ1) is 4.79. The average Bonchev–Trinajstić information content (AvgIpc) is 2.34. The molecule has 1 saturated carbocycles. The number of nitrogens with two attached hydrogens (primary N) is 1. The molecule has 0 aromatic heterocycles. The van der Waals surface area contributed by atoms with E-state index in [1.165, 1.54) is 25.7 Å². The van der Waals surface area contributed by atoms with Crippen LogP contribution in [0.1, 0.15) is 32.6 Å². The predicted octanol–water partition coefficient (Wildman–Crippen LogP) is 1.34. The Labute approximate surface area is 62.5 Å². The van der Waals surface area contributed by atoms with Crippen LogP contribution in [0, 0.1) is 0 Å². The maximum absolute atomic E-state index is 5.47. The van der Waals surface area contributed by atoms with Crippen molar-refractivity contribution in [2.75, 3.05) is 0 Å². The zero-order valence-electron chi connectivity index (χ0n) is 6.56. The van der Waals surface area contributed by atoms with Gasteiger partial charge >= 0.3 is 0 Å². The molecular weight excluding hydrogens is 124 g/mol. The molecular formula is C8H16N2. The molecule has 0 saturated heterocycles. The zero-order chi connectivity index (χ0) is 7.40. The highest BCUT2D eigenvalue weighted by molar-refractivity contribution is 4.92. The number of allylic oxidation sites excluding steroid dienone is 1. The van der Waals surface area contributed by atoms with Gasteiger partial charge in [-0.1, -0.05) is 12.8 Å². The van der Waals surface area contributed by atoms with E-state index in [1.54, 1.807) is 0 Å². The molecule has 0 atom stereocenters. The van der Waals surface area contributed by atoms with Crippen LogP contribution in [0.5, 0.6) is 0 Å². The van der Waals surface area contributed by atoms with Gasteiger partial charge in [0.15, 0.2) is 0 Å². The lowest BCUT2D eigenvalue weighted by molar-refractivity contribution is 0.604. The van der Waals surface area contributed by atoms with Crippen molar-refractivity contribution in [3.05, 3.63) is 11.9 Å². The van der Waals surface area contributed by atoms with Gasteiger partial charge in [0, 0.05) is 17.9 Å². The molecule has 1 fully saturated rings. The molecule has 0 aliphatic heterocycles. The van der Waals surface area contributed by atoms with Crippen molar-refractivity contribution in [2.24, 2.45) is 5.73 Å². The van der Waals surface area contributed by atoms with Gasteiger partial charge in [-0.15, -0.1) is 0 Å². The van der Waals surface area contributed by atoms with Crippen molar-refractivity contribution >= 4 is 0 Å². The lowest BCUT2D eigenvalue weighted by atomic mass is 10.2. The van der Waals surface area contributed by atoms with E-state index in [4.69, 9.17) is 5.73 Å². The molecule has 3 N–H and O–H groups in total. The van der Waals surface area contributed by atoms with Gasteiger partial charge < -0.3 is 11.1 Å². The van der Waals surface area contributed by atoms with Gasteiger partial charge in [-0.25, -0.2) is 0 Å². The Morgan fingerprint density at radius 1 is 1.50 bits per heavy atom. The molecule has 0 radical (unpaired) electrons. The fourth-order valence-electron chi connectivity index (χ4n) is 1.34. The standard InChI is InChI=1S/C8H16N2/c1-7(9)6-10-8-4-2-3-5-8/h6,8,10H,2-5,9H2,1H3/b7-6-. The first-order valence-electron chi connectivity index (χ1n) is 3.97. The summed E-state index contributed by atoms with van der Waals surface area (Å²) in [6, 6.07) is 0.693. The Morgan fingerprint density at radius 2 is 2.10 bits per heavy atom. The Kier molecular flexibility index (Phi) is 2.60. The normalized spacial score (nSPS) is 21.5. The van der Waals surface area contributed by atoms with Crippen LogP contribution in [0.25, 0.3) is 0 Å². The van der Waals surface area contributed by atoms with E-state index in [9.17, 15) is 0 Å². The monoisotopic (exact) mass is 140 g/mol. The molecule has 2 nitrogen and oxygen atoms in total. The Hall–Kier alpha value is -0.660. The second-order valence-electron chi connectivity index (χ2n) is 3.04. The molecule has 2 heteroatoms. The summed E-state index contributed by atoms with van der Waals surface area (Å²) in [4.78, 5) is 0. The van der Waals surface area contributed by atoms with Crippen LogP contribution in [-0.4, -0.2) is 6.04 Å². The SMILES string of the molecule is C/C(N)=C/NC1CCCC1. The van der Waals surface area contributed by atoms with Gasteiger partial charge in [-0.05, 0) is 19.8 Å². The van der Waals surface area contributed by atoms with Crippen molar-refractivity contribution in [2.45, 2.75) is 38.6 Å². The Balaban J connectivity index is 2.18. The number of hydrogen-bond donors (Lipinski definition) is 2. The quantitative estimate of drug-likeness (QED) is 0.607. The predicted molar refractivity (Wildman–Crippen MR) is 43.3 cm³/mol. The van der Waals surface area contributed by atoms with Crippen LogP contribution in [-0.2, 0) is 0 Å². The van der Waals surface area contributed by atoms with Crippen molar-refractivity contribution in [1.82, 2.24) is 5.32 Å². The van der Waals surface area contributed by atoms with Gasteiger partial charge in [0.2, 0.25) is 0 Å².